The van der Waals surface area contributed by atoms with Gasteiger partial charge in [-0.3, -0.25) is 9.59 Å². The first-order valence-electron chi connectivity index (χ1n) is 12.1. The van der Waals surface area contributed by atoms with Crippen LogP contribution in [0.1, 0.15) is 79.8 Å². The van der Waals surface area contributed by atoms with Crippen molar-refractivity contribution >= 4 is 39.9 Å². The van der Waals surface area contributed by atoms with Crippen molar-refractivity contribution in [3.8, 4) is 5.75 Å². The maximum absolute atomic E-state index is 12.5. The lowest BCUT2D eigenvalue weighted by atomic mass is 10.1. The number of benzene rings is 2. The van der Waals surface area contributed by atoms with Crippen LogP contribution in [0.3, 0.4) is 0 Å². The Labute approximate surface area is 215 Å². The molecule has 35 heavy (non-hydrogen) atoms. The van der Waals surface area contributed by atoms with Gasteiger partial charge in [0.1, 0.15) is 5.75 Å². The molecule has 0 heterocycles. The van der Waals surface area contributed by atoms with Crippen molar-refractivity contribution in [1.82, 2.24) is 10.7 Å². The summed E-state index contributed by atoms with van der Waals surface area (Å²) >= 11 is 3.38. The zero-order valence-corrected chi connectivity index (χ0v) is 22.0. The Morgan fingerprint density at radius 2 is 1.63 bits per heavy atom. The standard InChI is InChI=1S/C27H34BrN3O4/c1-3-4-5-6-7-8-9-10-25(32)29-19-26(33)31-30-18-22-17-23(28)15-16-24(22)35-27(34)21-13-11-20(2)12-14-21/h11-18H,3-10,19H2,1-2H3,(H,29,32)(H,31,33)/b30-18-. The van der Waals surface area contributed by atoms with E-state index < -0.39 is 11.9 Å². The van der Waals surface area contributed by atoms with Gasteiger partial charge in [-0.05, 0) is 43.7 Å². The normalized spacial score (nSPS) is 10.8. The highest BCUT2D eigenvalue weighted by atomic mass is 79.9. The van der Waals surface area contributed by atoms with E-state index in [9.17, 15) is 14.4 Å². The van der Waals surface area contributed by atoms with Crippen LogP contribution in [-0.2, 0) is 9.59 Å². The van der Waals surface area contributed by atoms with Gasteiger partial charge in [-0.2, -0.15) is 5.10 Å². The van der Waals surface area contributed by atoms with Crippen LogP contribution in [0.2, 0.25) is 0 Å². The first-order chi connectivity index (χ1) is 16.9. The maximum atomic E-state index is 12.5. The molecule has 0 bridgehead atoms. The summed E-state index contributed by atoms with van der Waals surface area (Å²) in [5.74, 6) is -0.771. The lowest BCUT2D eigenvalue weighted by Crippen LogP contribution is -2.34. The molecule has 0 unspecified atom stereocenters. The smallest absolute Gasteiger partial charge is 0.343 e. The molecular formula is C27H34BrN3O4. The van der Waals surface area contributed by atoms with Crippen LogP contribution in [-0.4, -0.2) is 30.5 Å². The lowest BCUT2D eigenvalue weighted by molar-refractivity contribution is -0.126. The monoisotopic (exact) mass is 543 g/mol. The van der Waals surface area contributed by atoms with Crippen molar-refractivity contribution in [2.45, 2.75) is 65.2 Å². The molecule has 0 aliphatic rings. The van der Waals surface area contributed by atoms with Gasteiger partial charge in [-0.25, -0.2) is 10.2 Å². The van der Waals surface area contributed by atoms with E-state index in [1.807, 2.05) is 19.1 Å². The van der Waals surface area contributed by atoms with Gasteiger partial charge in [0, 0.05) is 16.5 Å². The molecule has 2 aromatic rings. The molecule has 8 heteroatoms. The number of amides is 2. The quantitative estimate of drug-likeness (QED) is 0.105. The molecule has 2 aromatic carbocycles. The summed E-state index contributed by atoms with van der Waals surface area (Å²) in [6.07, 6.45) is 9.74. The van der Waals surface area contributed by atoms with Gasteiger partial charge in [0.25, 0.3) is 5.91 Å². The van der Waals surface area contributed by atoms with Crippen LogP contribution >= 0.6 is 15.9 Å². The third kappa shape index (κ3) is 11.3. The lowest BCUT2D eigenvalue weighted by Gasteiger charge is -2.08. The first kappa shape index (κ1) is 28.2. The van der Waals surface area contributed by atoms with Gasteiger partial charge in [0.05, 0.1) is 18.3 Å². The molecule has 0 fully saturated rings. The van der Waals surface area contributed by atoms with Gasteiger partial charge >= 0.3 is 5.97 Å². The second kappa shape index (κ2) is 15.8. The molecule has 0 saturated heterocycles. The second-order valence-corrected chi connectivity index (χ2v) is 9.29. The van der Waals surface area contributed by atoms with Crippen molar-refractivity contribution in [2.24, 2.45) is 5.10 Å². The van der Waals surface area contributed by atoms with Gasteiger partial charge < -0.3 is 10.1 Å². The number of esters is 1. The van der Waals surface area contributed by atoms with E-state index in [0.29, 0.717) is 23.3 Å². The summed E-state index contributed by atoms with van der Waals surface area (Å²) in [5.41, 5.74) is 4.36. The third-order valence-corrected chi connectivity index (χ3v) is 5.80. The Morgan fingerprint density at radius 1 is 0.943 bits per heavy atom. The Hall–Kier alpha value is -3.00. The number of hydrazone groups is 1. The molecule has 2 amide bonds. The first-order valence-corrected chi connectivity index (χ1v) is 12.9. The fourth-order valence-corrected chi connectivity index (χ4v) is 3.66. The summed E-state index contributed by atoms with van der Waals surface area (Å²) in [7, 11) is 0. The Kier molecular flexibility index (Phi) is 12.8. The van der Waals surface area contributed by atoms with Crippen LogP contribution < -0.4 is 15.5 Å². The van der Waals surface area contributed by atoms with E-state index in [1.54, 1.807) is 30.3 Å². The number of hydrogen-bond donors (Lipinski definition) is 2. The number of hydrogen-bond acceptors (Lipinski definition) is 5. The topological polar surface area (TPSA) is 96.9 Å². The Morgan fingerprint density at radius 3 is 2.34 bits per heavy atom. The summed E-state index contributed by atoms with van der Waals surface area (Å²) in [6.45, 7) is 3.98. The molecule has 0 aliphatic carbocycles. The van der Waals surface area contributed by atoms with Crippen molar-refractivity contribution in [2.75, 3.05) is 6.54 Å². The highest BCUT2D eigenvalue weighted by molar-refractivity contribution is 9.10. The molecule has 0 spiro atoms. The van der Waals surface area contributed by atoms with Crippen molar-refractivity contribution in [3.63, 3.8) is 0 Å². The molecule has 7 nitrogen and oxygen atoms in total. The van der Waals surface area contributed by atoms with E-state index in [1.165, 1.54) is 31.9 Å². The number of nitrogens with zero attached hydrogens (tertiary/aromatic N) is 1. The van der Waals surface area contributed by atoms with Crippen molar-refractivity contribution in [3.05, 3.63) is 63.6 Å². The molecule has 188 valence electrons. The molecule has 0 saturated carbocycles. The average molecular weight is 544 g/mol. The molecule has 0 radical (unpaired) electrons. The van der Waals surface area contributed by atoms with Crippen LogP contribution in [0.5, 0.6) is 5.75 Å². The number of nitrogens with one attached hydrogen (secondary N) is 2. The third-order valence-electron chi connectivity index (χ3n) is 5.31. The van der Waals surface area contributed by atoms with Gasteiger partial charge in [0.15, 0.2) is 0 Å². The number of aryl methyl sites for hydroxylation is 1. The fraction of sp³-hybridized carbons (Fsp3) is 0.407. The van der Waals surface area contributed by atoms with E-state index in [-0.39, 0.29) is 12.5 Å². The Balaban J connectivity index is 1.78. The predicted molar refractivity (Wildman–Crippen MR) is 142 cm³/mol. The number of unbranched alkanes of at least 4 members (excludes halogenated alkanes) is 6. The zero-order valence-electron chi connectivity index (χ0n) is 20.4. The van der Waals surface area contributed by atoms with E-state index >= 15 is 0 Å². The number of carbonyl (C=O) groups is 3. The maximum Gasteiger partial charge on any atom is 0.343 e. The predicted octanol–water partition coefficient (Wildman–Crippen LogP) is 5.68. The molecular weight excluding hydrogens is 510 g/mol. The zero-order chi connectivity index (χ0) is 25.5. The highest BCUT2D eigenvalue weighted by Gasteiger charge is 2.12. The molecule has 2 rings (SSSR count). The van der Waals surface area contributed by atoms with Crippen molar-refractivity contribution < 1.29 is 19.1 Å². The van der Waals surface area contributed by atoms with Crippen LogP contribution in [0.15, 0.2) is 52.0 Å². The molecule has 0 aliphatic heterocycles. The van der Waals surface area contributed by atoms with Crippen LogP contribution in [0, 0.1) is 6.92 Å². The van der Waals surface area contributed by atoms with Gasteiger partial charge in [-0.15, -0.1) is 0 Å². The summed E-state index contributed by atoms with van der Waals surface area (Å²) in [6, 6.07) is 12.2. The number of ether oxygens (including phenoxy) is 1. The van der Waals surface area contributed by atoms with E-state index in [0.717, 1.165) is 29.3 Å². The summed E-state index contributed by atoms with van der Waals surface area (Å²) < 4.78 is 6.28. The SMILES string of the molecule is CCCCCCCCCC(=O)NCC(=O)N/N=C\c1cc(Br)ccc1OC(=O)c1ccc(C)cc1. The van der Waals surface area contributed by atoms with Gasteiger partial charge in [-0.1, -0.05) is 79.1 Å². The van der Waals surface area contributed by atoms with Crippen molar-refractivity contribution in [1.29, 1.82) is 0 Å². The number of carbonyl (C=O) groups excluding carboxylic acids is 3. The largest absolute Gasteiger partial charge is 0.422 e. The number of halogens is 1. The Bertz CT molecular complexity index is 1010. The molecule has 0 atom stereocenters. The molecule has 0 aromatic heterocycles. The van der Waals surface area contributed by atoms with E-state index in [2.05, 4.69) is 38.7 Å². The summed E-state index contributed by atoms with van der Waals surface area (Å²) in [4.78, 5) is 36.4. The fourth-order valence-electron chi connectivity index (χ4n) is 3.28. The molecule has 2 N–H and O–H groups in total. The van der Waals surface area contributed by atoms with Crippen LogP contribution in [0.4, 0.5) is 0 Å². The minimum atomic E-state index is -0.491. The average Bonchev–Trinajstić information content (AvgIpc) is 2.84. The minimum Gasteiger partial charge on any atom is -0.422 e. The second-order valence-electron chi connectivity index (χ2n) is 8.38. The van der Waals surface area contributed by atoms with E-state index in [4.69, 9.17) is 4.74 Å². The van der Waals surface area contributed by atoms with Crippen LogP contribution in [0.25, 0.3) is 0 Å². The highest BCUT2D eigenvalue weighted by Crippen LogP contribution is 2.23. The number of rotatable bonds is 14. The van der Waals surface area contributed by atoms with Gasteiger partial charge in [0.2, 0.25) is 5.91 Å². The summed E-state index contributed by atoms with van der Waals surface area (Å²) in [5, 5.41) is 6.55. The minimum absolute atomic E-state index is 0.144.